The fourth-order valence-corrected chi connectivity index (χ4v) is 3.53. The first-order valence-corrected chi connectivity index (χ1v) is 8.90. The van der Waals surface area contributed by atoms with E-state index >= 15 is 0 Å². The van der Waals surface area contributed by atoms with Gasteiger partial charge in [-0.1, -0.05) is 15.9 Å². The van der Waals surface area contributed by atoms with Crippen molar-refractivity contribution in [1.82, 2.24) is 10.2 Å². The van der Waals surface area contributed by atoms with Gasteiger partial charge >= 0.3 is 0 Å². The molecule has 0 aromatic heterocycles. The van der Waals surface area contributed by atoms with Crippen molar-refractivity contribution in [3.63, 3.8) is 0 Å². The van der Waals surface area contributed by atoms with E-state index in [4.69, 9.17) is 0 Å². The molecular weight excluding hydrogens is 326 g/mol. The second kappa shape index (κ2) is 6.67. The molecule has 1 saturated carbocycles. The number of hydrogen-bond donors (Lipinski definition) is 1. The Balaban J connectivity index is 1.69. The van der Waals surface area contributed by atoms with Gasteiger partial charge in [0.2, 0.25) is 0 Å². The lowest BCUT2D eigenvalue weighted by molar-refractivity contribution is 0.248. The van der Waals surface area contributed by atoms with Crippen LogP contribution in [0.5, 0.6) is 0 Å². The van der Waals surface area contributed by atoms with Gasteiger partial charge in [-0.15, -0.1) is 0 Å². The van der Waals surface area contributed by atoms with Gasteiger partial charge in [0.15, 0.2) is 0 Å². The molecular formula is C17H26BrN3. The van der Waals surface area contributed by atoms with Crippen LogP contribution in [0.3, 0.4) is 0 Å². The highest BCUT2D eigenvalue weighted by molar-refractivity contribution is 9.10. The molecule has 1 saturated heterocycles. The third kappa shape index (κ3) is 3.79. The average Bonchev–Trinajstić information content (AvgIpc) is 3.31. The van der Waals surface area contributed by atoms with Crippen LogP contribution in [0.1, 0.15) is 31.4 Å². The predicted molar refractivity (Wildman–Crippen MR) is 93.0 cm³/mol. The molecule has 2 fully saturated rings. The first-order valence-electron chi connectivity index (χ1n) is 8.11. The smallest absolute Gasteiger partial charge is 0.0416 e. The Morgan fingerprint density at radius 3 is 2.57 bits per heavy atom. The Morgan fingerprint density at radius 2 is 1.95 bits per heavy atom. The molecule has 0 bridgehead atoms. The molecule has 1 aliphatic heterocycles. The summed E-state index contributed by atoms with van der Waals surface area (Å²) in [7, 11) is 2.03. The highest BCUT2D eigenvalue weighted by Crippen LogP contribution is 2.32. The molecule has 1 aromatic carbocycles. The van der Waals surface area contributed by atoms with Crippen LogP contribution in [0.4, 0.5) is 5.69 Å². The molecule has 4 heteroatoms. The van der Waals surface area contributed by atoms with Gasteiger partial charge in [-0.25, -0.2) is 0 Å². The van der Waals surface area contributed by atoms with Crippen LogP contribution >= 0.6 is 15.9 Å². The lowest BCUT2D eigenvalue weighted by atomic mass is 10.0. The number of anilines is 1. The molecule has 1 unspecified atom stereocenters. The Labute approximate surface area is 136 Å². The van der Waals surface area contributed by atoms with Crippen molar-refractivity contribution in [2.24, 2.45) is 5.92 Å². The number of halogens is 1. The van der Waals surface area contributed by atoms with Crippen LogP contribution in [0, 0.1) is 5.92 Å². The van der Waals surface area contributed by atoms with Gasteiger partial charge in [0.25, 0.3) is 0 Å². The van der Waals surface area contributed by atoms with Crippen molar-refractivity contribution in [3.05, 3.63) is 28.2 Å². The molecule has 0 spiro atoms. The van der Waals surface area contributed by atoms with E-state index in [-0.39, 0.29) is 0 Å². The Morgan fingerprint density at radius 1 is 1.24 bits per heavy atom. The Hall–Kier alpha value is -0.580. The summed E-state index contributed by atoms with van der Waals surface area (Å²) in [5.41, 5.74) is 2.79. The SMILES string of the molecule is CNC(C)c1cc(Br)ccc1N1CCN(CC2CC2)CC1. The zero-order chi connectivity index (χ0) is 14.8. The maximum atomic E-state index is 3.61. The predicted octanol–water partition coefficient (Wildman–Crippen LogP) is 3.26. The van der Waals surface area contributed by atoms with Crippen LogP contribution < -0.4 is 10.2 Å². The van der Waals surface area contributed by atoms with Crippen LogP contribution in [0.2, 0.25) is 0 Å². The third-order valence-electron chi connectivity index (χ3n) is 4.82. The molecule has 0 amide bonds. The van der Waals surface area contributed by atoms with E-state index in [1.807, 2.05) is 7.05 Å². The largest absolute Gasteiger partial charge is 0.369 e. The van der Waals surface area contributed by atoms with Crippen molar-refractivity contribution < 1.29 is 0 Å². The van der Waals surface area contributed by atoms with E-state index in [1.54, 1.807) is 0 Å². The Bertz CT molecular complexity index is 479. The molecule has 3 nitrogen and oxygen atoms in total. The maximum Gasteiger partial charge on any atom is 0.0416 e. The minimum atomic E-state index is 0.377. The monoisotopic (exact) mass is 351 g/mol. The van der Waals surface area contributed by atoms with E-state index in [9.17, 15) is 0 Å². The summed E-state index contributed by atoms with van der Waals surface area (Å²) >= 11 is 3.61. The summed E-state index contributed by atoms with van der Waals surface area (Å²) in [6.45, 7) is 8.28. The van der Waals surface area contributed by atoms with Crippen LogP contribution in [-0.2, 0) is 0 Å². The quantitative estimate of drug-likeness (QED) is 0.878. The van der Waals surface area contributed by atoms with Crippen molar-refractivity contribution >= 4 is 21.6 Å². The molecule has 116 valence electrons. The second-order valence-electron chi connectivity index (χ2n) is 6.44. The normalized spacial score (nSPS) is 21.6. The van der Waals surface area contributed by atoms with Crippen LogP contribution in [-0.4, -0.2) is 44.7 Å². The van der Waals surface area contributed by atoms with Gasteiger partial charge in [-0.05, 0) is 56.5 Å². The molecule has 1 heterocycles. The number of nitrogens with zero attached hydrogens (tertiary/aromatic N) is 2. The molecule has 1 atom stereocenters. The number of nitrogens with one attached hydrogen (secondary N) is 1. The van der Waals surface area contributed by atoms with Gasteiger partial charge in [0.05, 0.1) is 0 Å². The van der Waals surface area contributed by atoms with Crippen LogP contribution in [0.25, 0.3) is 0 Å². The van der Waals surface area contributed by atoms with Gasteiger partial charge in [-0.3, -0.25) is 4.90 Å². The number of piperazine rings is 1. The van der Waals surface area contributed by atoms with Gasteiger partial charge < -0.3 is 10.2 Å². The lowest BCUT2D eigenvalue weighted by Crippen LogP contribution is -2.47. The zero-order valence-electron chi connectivity index (χ0n) is 13.1. The minimum Gasteiger partial charge on any atom is -0.369 e. The summed E-state index contributed by atoms with van der Waals surface area (Å²) in [6, 6.07) is 7.07. The molecule has 3 rings (SSSR count). The second-order valence-corrected chi connectivity index (χ2v) is 7.36. The van der Waals surface area contributed by atoms with E-state index in [1.165, 1.54) is 43.7 Å². The van der Waals surface area contributed by atoms with Crippen molar-refractivity contribution in [2.75, 3.05) is 44.7 Å². The summed E-state index contributed by atoms with van der Waals surface area (Å²) in [5, 5.41) is 3.37. The number of rotatable bonds is 5. The van der Waals surface area contributed by atoms with Crippen molar-refractivity contribution in [3.8, 4) is 0 Å². The average molecular weight is 352 g/mol. The number of benzene rings is 1. The van der Waals surface area contributed by atoms with E-state index < -0.39 is 0 Å². The van der Waals surface area contributed by atoms with Gasteiger partial charge in [0.1, 0.15) is 0 Å². The standard InChI is InChI=1S/C17H26BrN3/c1-13(19-2)16-11-15(18)5-6-17(16)21-9-7-20(8-10-21)12-14-3-4-14/h5-6,11,13-14,19H,3-4,7-10,12H2,1-2H3. The van der Waals surface area contributed by atoms with E-state index in [0.29, 0.717) is 6.04 Å². The Kier molecular flexibility index (Phi) is 4.87. The van der Waals surface area contributed by atoms with Crippen molar-refractivity contribution in [2.45, 2.75) is 25.8 Å². The van der Waals surface area contributed by atoms with Crippen LogP contribution in [0.15, 0.2) is 22.7 Å². The summed E-state index contributed by atoms with van der Waals surface area (Å²) < 4.78 is 1.16. The summed E-state index contributed by atoms with van der Waals surface area (Å²) in [4.78, 5) is 5.20. The number of hydrogen-bond acceptors (Lipinski definition) is 3. The maximum absolute atomic E-state index is 3.61. The van der Waals surface area contributed by atoms with Crippen molar-refractivity contribution in [1.29, 1.82) is 0 Å². The highest BCUT2D eigenvalue weighted by atomic mass is 79.9. The molecule has 0 radical (unpaired) electrons. The van der Waals surface area contributed by atoms with E-state index in [0.717, 1.165) is 23.5 Å². The molecule has 1 aromatic rings. The fraction of sp³-hybridized carbons (Fsp3) is 0.647. The lowest BCUT2D eigenvalue weighted by Gasteiger charge is -2.37. The summed E-state index contributed by atoms with van der Waals surface area (Å²) in [5.74, 6) is 1.00. The highest BCUT2D eigenvalue weighted by Gasteiger charge is 2.27. The molecule has 2 aliphatic rings. The van der Waals surface area contributed by atoms with E-state index in [2.05, 4.69) is 56.2 Å². The zero-order valence-corrected chi connectivity index (χ0v) is 14.7. The summed E-state index contributed by atoms with van der Waals surface area (Å²) in [6.07, 6.45) is 2.91. The molecule has 1 aliphatic carbocycles. The van der Waals surface area contributed by atoms with Gasteiger partial charge in [-0.2, -0.15) is 0 Å². The van der Waals surface area contributed by atoms with Gasteiger partial charge in [0, 0.05) is 48.9 Å². The topological polar surface area (TPSA) is 18.5 Å². The first kappa shape index (κ1) is 15.3. The fourth-order valence-electron chi connectivity index (χ4n) is 3.15. The molecule has 21 heavy (non-hydrogen) atoms. The minimum absolute atomic E-state index is 0.377. The third-order valence-corrected chi connectivity index (χ3v) is 5.31. The first-order chi connectivity index (χ1) is 10.2. The molecule has 1 N–H and O–H groups in total.